The molecule has 0 aliphatic rings. The minimum Gasteiger partial charge on any atom is -0.378 e. The Morgan fingerprint density at radius 1 is 1.04 bits per heavy atom. The van der Waals surface area contributed by atoms with Crippen LogP contribution in [0, 0.1) is 0 Å². The van der Waals surface area contributed by atoms with Crippen LogP contribution >= 0.6 is 0 Å². The van der Waals surface area contributed by atoms with Crippen molar-refractivity contribution in [2.24, 2.45) is 0 Å². The number of carbonyl (C=O) groups excluding carboxylic acids is 1. The molecule has 0 unspecified atom stereocenters. The maximum absolute atomic E-state index is 12.4. The molecule has 0 spiro atoms. The van der Waals surface area contributed by atoms with E-state index in [4.69, 9.17) is 0 Å². The number of aromatic nitrogens is 2. The summed E-state index contributed by atoms with van der Waals surface area (Å²) in [6.45, 7) is 0.105. The second-order valence-corrected chi connectivity index (χ2v) is 6.22. The molecule has 0 fully saturated rings. The van der Waals surface area contributed by atoms with Crippen LogP contribution < -0.4 is 21.3 Å². The molecule has 1 heterocycles. The summed E-state index contributed by atoms with van der Waals surface area (Å²) in [7, 11) is 3.91. The lowest BCUT2D eigenvalue weighted by Gasteiger charge is -2.13. The fraction of sp³-hybridized carbons (Fsp3) is 0.211. The van der Waals surface area contributed by atoms with E-state index >= 15 is 0 Å². The first-order valence-corrected chi connectivity index (χ1v) is 8.20. The molecule has 0 bridgehead atoms. The lowest BCUT2D eigenvalue weighted by atomic mass is 10.2. The normalized spacial score (nSPS) is 10.7. The van der Waals surface area contributed by atoms with Crippen molar-refractivity contribution < 1.29 is 4.79 Å². The van der Waals surface area contributed by atoms with Gasteiger partial charge < -0.3 is 10.2 Å². The SMILES string of the molecule is CN(C)c1ccc(CNC(=O)Cn2[nH]c(=O)c3ccccc3c2=O)cc1. The smallest absolute Gasteiger partial charge is 0.273 e. The third kappa shape index (κ3) is 3.66. The van der Waals surface area contributed by atoms with Crippen molar-refractivity contribution in [2.75, 3.05) is 19.0 Å². The van der Waals surface area contributed by atoms with Crippen LogP contribution in [0.5, 0.6) is 0 Å². The zero-order chi connectivity index (χ0) is 18.7. The van der Waals surface area contributed by atoms with E-state index in [0.29, 0.717) is 17.3 Å². The van der Waals surface area contributed by atoms with Crippen LogP contribution in [0.15, 0.2) is 58.1 Å². The molecule has 2 N–H and O–H groups in total. The molecule has 1 aromatic heterocycles. The highest BCUT2D eigenvalue weighted by molar-refractivity contribution is 5.81. The highest BCUT2D eigenvalue weighted by Gasteiger charge is 2.10. The van der Waals surface area contributed by atoms with E-state index in [-0.39, 0.29) is 12.5 Å². The van der Waals surface area contributed by atoms with Crippen molar-refractivity contribution in [3.05, 3.63) is 74.8 Å². The zero-order valence-corrected chi connectivity index (χ0v) is 14.7. The van der Waals surface area contributed by atoms with Gasteiger partial charge in [0.15, 0.2) is 0 Å². The maximum Gasteiger partial charge on any atom is 0.273 e. The second kappa shape index (κ2) is 7.26. The summed E-state index contributed by atoms with van der Waals surface area (Å²) in [5.74, 6) is -0.352. The fourth-order valence-corrected chi connectivity index (χ4v) is 2.67. The number of amides is 1. The topological polar surface area (TPSA) is 87.2 Å². The molecule has 0 aliphatic heterocycles. The van der Waals surface area contributed by atoms with E-state index < -0.39 is 11.1 Å². The predicted molar refractivity (Wildman–Crippen MR) is 101 cm³/mol. The van der Waals surface area contributed by atoms with Crippen LogP contribution in [0.2, 0.25) is 0 Å². The Morgan fingerprint density at radius 2 is 1.69 bits per heavy atom. The van der Waals surface area contributed by atoms with E-state index in [9.17, 15) is 14.4 Å². The summed E-state index contributed by atoms with van der Waals surface area (Å²) in [5.41, 5.74) is 1.22. The number of aromatic amines is 1. The molecule has 0 atom stereocenters. The number of hydrogen-bond donors (Lipinski definition) is 2. The number of anilines is 1. The largest absolute Gasteiger partial charge is 0.378 e. The van der Waals surface area contributed by atoms with Crippen LogP contribution in [-0.4, -0.2) is 29.8 Å². The van der Waals surface area contributed by atoms with Crippen LogP contribution in [0.25, 0.3) is 10.8 Å². The molecule has 0 radical (unpaired) electrons. The average Bonchev–Trinajstić information content (AvgIpc) is 2.64. The van der Waals surface area contributed by atoms with Gasteiger partial charge in [-0.1, -0.05) is 24.3 Å². The summed E-state index contributed by atoms with van der Waals surface area (Å²) in [6.07, 6.45) is 0. The van der Waals surface area contributed by atoms with Crippen molar-refractivity contribution >= 4 is 22.4 Å². The molecular weight excluding hydrogens is 332 g/mol. The predicted octanol–water partition coefficient (Wildman–Crippen LogP) is 1.07. The average molecular weight is 352 g/mol. The summed E-state index contributed by atoms with van der Waals surface area (Å²) in [5, 5.41) is 5.82. The van der Waals surface area contributed by atoms with Crippen LogP contribution in [0.1, 0.15) is 5.56 Å². The van der Waals surface area contributed by atoms with Gasteiger partial charge in [-0.15, -0.1) is 0 Å². The van der Waals surface area contributed by atoms with Crippen molar-refractivity contribution in [2.45, 2.75) is 13.1 Å². The Kier molecular flexibility index (Phi) is 4.88. The van der Waals surface area contributed by atoms with E-state index in [1.807, 2.05) is 43.3 Å². The Labute approximate surface area is 149 Å². The van der Waals surface area contributed by atoms with E-state index in [1.165, 1.54) is 0 Å². The number of benzene rings is 2. The molecule has 0 saturated heterocycles. The third-order valence-electron chi connectivity index (χ3n) is 4.13. The Morgan fingerprint density at radius 3 is 2.35 bits per heavy atom. The molecule has 2 aromatic carbocycles. The summed E-state index contributed by atoms with van der Waals surface area (Å²) < 4.78 is 1.04. The van der Waals surface area contributed by atoms with Gasteiger partial charge in [0.05, 0.1) is 10.8 Å². The van der Waals surface area contributed by atoms with Gasteiger partial charge in [-0.25, -0.2) is 4.68 Å². The molecule has 3 rings (SSSR count). The molecule has 0 saturated carbocycles. The number of H-pyrrole nitrogens is 1. The van der Waals surface area contributed by atoms with Crippen molar-refractivity contribution in [3.8, 4) is 0 Å². The molecule has 26 heavy (non-hydrogen) atoms. The monoisotopic (exact) mass is 352 g/mol. The van der Waals surface area contributed by atoms with E-state index in [0.717, 1.165) is 15.9 Å². The quantitative estimate of drug-likeness (QED) is 0.719. The molecule has 3 aromatic rings. The van der Waals surface area contributed by atoms with Crippen LogP contribution in [-0.2, 0) is 17.9 Å². The highest BCUT2D eigenvalue weighted by atomic mass is 16.2. The van der Waals surface area contributed by atoms with Gasteiger partial charge in [0.25, 0.3) is 11.1 Å². The molecule has 134 valence electrons. The number of rotatable bonds is 5. The first-order chi connectivity index (χ1) is 12.5. The number of fused-ring (bicyclic) bond motifs is 1. The highest BCUT2D eigenvalue weighted by Crippen LogP contribution is 2.11. The Bertz CT molecular complexity index is 1050. The first kappa shape index (κ1) is 17.5. The van der Waals surface area contributed by atoms with Crippen molar-refractivity contribution in [3.63, 3.8) is 0 Å². The van der Waals surface area contributed by atoms with Gasteiger partial charge in [-0.3, -0.25) is 19.5 Å². The minimum absolute atomic E-state index is 0.241. The van der Waals surface area contributed by atoms with Gasteiger partial charge in [0, 0.05) is 26.3 Å². The minimum atomic E-state index is -0.398. The molecule has 1 amide bonds. The van der Waals surface area contributed by atoms with Gasteiger partial charge in [-0.2, -0.15) is 0 Å². The molecule has 0 aliphatic carbocycles. The van der Waals surface area contributed by atoms with Crippen molar-refractivity contribution in [1.29, 1.82) is 0 Å². The summed E-state index contributed by atoms with van der Waals surface area (Å²) >= 11 is 0. The second-order valence-electron chi connectivity index (χ2n) is 6.22. The van der Waals surface area contributed by atoms with E-state index in [2.05, 4.69) is 10.4 Å². The van der Waals surface area contributed by atoms with Gasteiger partial charge in [0.1, 0.15) is 6.54 Å². The molecule has 7 nitrogen and oxygen atoms in total. The molecular formula is C19H20N4O3. The van der Waals surface area contributed by atoms with Crippen LogP contribution in [0.4, 0.5) is 5.69 Å². The number of nitrogens with zero attached hydrogens (tertiary/aromatic N) is 2. The maximum atomic E-state index is 12.4. The van der Waals surface area contributed by atoms with Gasteiger partial charge >= 0.3 is 0 Å². The number of carbonyl (C=O) groups is 1. The van der Waals surface area contributed by atoms with Gasteiger partial charge in [-0.05, 0) is 29.8 Å². The Balaban J connectivity index is 1.70. The summed E-state index contributed by atoms with van der Waals surface area (Å²) in [4.78, 5) is 38.6. The van der Waals surface area contributed by atoms with Gasteiger partial charge in [0.2, 0.25) is 5.91 Å². The number of hydrogen-bond acceptors (Lipinski definition) is 4. The fourth-order valence-electron chi connectivity index (χ4n) is 2.67. The van der Waals surface area contributed by atoms with Crippen LogP contribution in [0.3, 0.4) is 0 Å². The molecule has 7 heteroatoms. The lowest BCUT2D eigenvalue weighted by molar-refractivity contribution is -0.122. The third-order valence-corrected chi connectivity index (χ3v) is 4.13. The Hall–Kier alpha value is -3.35. The summed E-state index contributed by atoms with van der Waals surface area (Å²) in [6, 6.07) is 14.3. The number of nitrogens with one attached hydrogen (secondary N) is 2. The lowest BCUT2D eigenvalue weighted by Crippen LogP contribution is -2.36. The standard InChI is InChI=1S/C19H20N4O3/c1-22(2)14-9-7-13(8-10-14)11-20-17(24)12-23-19(26)16-6-4-3-5-15(16)18(25)21-23/h3-10H,11-12H2,1-2H3,(H,20,24)(H,21,25). The van der Waals surface area contributed by atoms with E-state index in [1.54, 1.807) is 24.3 Å². The first-order valence-electron chi connectivity index (χ1n) is 8.20. The van der Waals surface area contributed by atoms with Crippen molar-refractivity contribution in [1.82, 2.24) is 15.1 Å². The zero-order valence-electron chi connectivity index (χ0n) is 14.7.